The zero-order valence-electron chi connectivity index (χ0n) is 24.8. The van der Waals surface area contributed by atoms with Gasteiger partial charge >= 0.3 is 5.97 Å². The van der Waals surface area contributed by atoms with Crippen LogP contribution in [0.15, 0.2) is 18.2 Å². The van der Waals surface area contributed by atoms with E-state index in [9.17, 15) is 14.7 Å². The van der Waals surface area contributed by atoms with E-state index < -0.39 is 23.5 Å². The summed E-state index contributed by atoms with van der Waals surface area (Å²) in [6.07, 6.45) is 7.36. The highest BCUT2D eigenvalue weighted by Gasteiger charge is 2.34. The van der Waals surface area contributed by atoms with Crippen molar-refractivity contribution in [3.05, 3.63) is 52.1 Å². The van der Waals surface area contributed by atoms with Gasteiger partial charge in [0.2, 0.25) is 0 Å². The summed E-state index contributed by atoms with van der Waals surface area (Å²) >= 11 is 0. The Kier molecular flexibility index (Phi) is 7.81. The summed E-state index contributed by atoms with van der Waals surface area (Å²) in [4.78, 5) is 30.1. The second-order valence-electron chi connectivity index (χ2n) is 12.4. The molecule has 1 saturated carbocycles. The Labute approximate surface area is 240 Å². The van der Waals surface area contributed by atoms with Crippen molar-refractivity contribution in [1.82, 2.24) is 9.55 Å². The summed E-state index contributed by atoms with van der Waals surface area (Å²) in [6.45, 7) is 9.55. The van der Waals surface area contributed by atoms with Crippen LogP contribution in [0.3, 0.4) is 0 Å². The molecule has 0 bridgehead atoms. The van der Waals surface area contributed by atoms with Crippen LogP contribution in [0.5, 0.6) is 5.75 Å². The minimum Gasteiger partial charge on any atom is -0.490 e. The molecule has 3 aromatic rings. The monoisotopic (exact) mass is 562 g/mol. The zero-order chi connectivity index (χ0) is 29.6. The van der Waals surface area contributed by atoms with Gasteiger partial charge in [-0.05, 0) is 95.2 Å². The molecule has 1 fully saturated rings. The number of aromatic nitrogens is 2. The van der Waals surface area contributed by atoms with Crippen LogP contribution in [0.2, 0.25) is 0 Å². The summed E-state index contributed by atoms with van der Waals surface area (Å²) in [7, 11) is 1.86. The maximum absolute atomic E-state index is 15.5. The van der Waals surface area contributed by atoms with Gasteiger partial charge in [0.1, 0.15) is 5.65 Å². The predicted molar refractivity (Wildman–Crippen MR) is 157 cm³/mol. The standard InChI is InChI=1S/C33H39FN2O5/c1-18-23-8-7-15-40-29(23)26(34)17-24(18)28-25-16-21(12-14-22(37)13-11-20-9-10-20)36(6)31(25)35-19(2)27(28)30(32(38)39)41-33(3,4)5/h12,14,16-17,20,30H,7-11,13,15H2,1-6H3,(H,38,39)/b14-12+/t30-/m0/s1. The highest BCUT2D eigenvalue weighted by atomic mass is 19.1. The lowest BCUT2D eigenvalue weighted by atomic mass is 9.86. The van der Waals surface area contributed by atoms with Gasteiger partial charge in [-0.2, -0.15) is 0 Å². The minimum atomic E-state index is -1.33. The number of halogens is 1. The van der Waals surface area contributed by atoms with Crippen molar-refractivity contribution in [1.29, 1.82) is 0 Å². The third-order valence-electron chi connectivity index (χ3n) is 8.04. The van der Waals surface area contributed by atoms with Gasteiger partial charge in [0, 0.05) is 46.9 Å². The molecule has 5 rings (SSSR count). The van der Waals surface area contributed by atoms with Gasteiger partial charge in [-0.3, -0.25) is 4.79 Å². The van der Waals surface area contributed by atoms with Gasteiger partial charge in [0.15, 0.2) is 23.5 Å². The molecule has 0 radical (unpaired) electrons. The van der Waals surface area contributed by atoms with E-state index >= 15 is 4.39 Å². The molecule has 2 aromatic heterocycles. The van der Waals surface area contributed by atoms with Gasteiger partial charge in [-0.1, -0.05) is 12.8 Å². The molecule has 0 unspecified atom stereocenters. The highest BCUT2D eigenvalue weighted by Crippen LogP contribution is 2.45. The van der Waals surface area contributed by atoms with Crippen LogP contribution in [0.4, 0.5) is 4.39 Å². The number of carbonyl (C=O) groups is 2. The number of rotatable bonds is 9. The molecule has 1 N–H and O–H groups in total. The van der Waals surface area contributed by atoms with Gasteiger partial charge in [0.25, 0.3) is 0 Å². The average molecular weight is 563 g/mol. The SMILES string of the molecule is Cc1nc2c(cc(/C=C/C(=O)CCC3CC3)n2C)c(-c2cc(F)c3c(c2C)CCCO3)c1[C@H](OC(C)(C)C)C(=O)O. The third kappa shape index (κ3) is 5.94. The highest BCUT2D eigenvalue weighted by molar-refractivity contribution is 6.01. The first-order valence-electron chi connectivity index (χ1n) is 14.4. The maximum atomic E-state index is 15.5. The summed E-state index contributed by atoms with van der Waals surface area (Å²) < 4.78 is 29.2. The molecule has 1 atom stereocenters. The molecule has 0 saturated heterocycles. The second kappa shape index (κ2) is 11.0. The van der Waals surface area contributed by atoms with Gasteiger partial charge in [-0.15, -0.1) is 0 Å². The van der Waals surface area contributed by atoms with Crippen molar-refractivity contribution in [3.63, 3.8) is 0 Å². The number of fused-ring (bicyclic) bond motifs is 2. The van der Waals surface area contributed by atoms with Crippen molar-refractivity contribution >= 4 is 28.9 Å². The Morgan fingerprint density at radius 2 is 2.00 bits per heavy atom. The van der Waals surface area contributed by atoms with Crippen LogP contribution in [0.1, 0.15) is 87.1 Å². The molecule has 1 aromatic carbocycles. The normalized spacial score (nSPS) is 16.2. The number of hydrogen-bond donors (Lipinski definition) is 1. The molecule has 3 heterocycles. The number of pyridine rings is 1. The smallest absolute Gasteiger partial charge is 0.337 e. The molecule has 7 nitrogen and oxygen atoms in total. The van der Waals surface area contributed by atoms with E-state index in [1.165, 1.54) is 18.9 Å². The van der Waals surface area contributed by atoms with Crippen LogP contribution in [0, 0.1) is 25.6 Å². The number of benzene rings is 1. The van der Waals surface area contributed by atoms with Crippen molar-refractivity contribution in [3.8, 4) is 16.9 Å². The van der Waals surface area contributed by atoms with E-state index in [1.54, 1.807) is 39.8 Å². The van der Waals surface area contributed by atoms with Crippen LogP contribution >= 0.6 is 0 Å². The summed E-state index contributed by atoms with van der Waals surface area (Å²) in [5.74, 6) is -0.606. The predicted octanol–water partition coefficient (Wildman–Crippen LogP) is 7.03. The Balaban J connectivity index is 1.74. The third-order valence-corrected chi connectivity index (χ3v) is 8.04. The van der Waals surface area contributed by atoms with Crippen LogP contribution in [-0.4, -0.2) is 38.6 Å². The fraction of sp³-hybridized carbons (Fsp3) is 0.485. The fourth-order valence-electron chi connectivity index (χ4n) is 5.77. The molecular weight excluding hydrogens is 523 g/mol. The van der Waals surface area contributed by atoms with E-state index in [-0.39, 0.29) is 11.5 Å². The first kappa shape index (κ1) is 29.0. The Morgan fingerprint density at radius 3 is 2.66 bits per heavy atom. The molecule has 218 valence electrons. The Hall–Kier alpha value is -3.52. The summed E-state index contributed by atoms with van der Waals surface area (Å²) in [5.41, 5.74) is 4.25. The molecule has 2 aliphatic rings. The molecule has 1 aliphatic heterocycles. The number of aryl methyl sites for hydroxylation is 2. The van der Waals surface area contributed by atoms with Crippen molar-refractivity contribution < 1.29 is 28.6 Å². The van der Waals surface area contributed by atoms with E-state index in [0.717, 1.165) is 29.7 Å². The molecule has 0 spiro atoms. The molecule has 41 heavy (non-hydrogen) atoms. The largest absolute Gasteiger partial charge is 0.490 e. The first-order chi connectivity index (χ1) is 19.4. The molecule has 0 amide bonds. The number of carbonyl (C=O) groups excluding carboxylic acids is 1. The van der Waals surface area contributed by atoms with E-state index in [0.29, 0.717) is 58.8 Å². The number of hydrogen-bond acceptors (Lipinski definition) is 5. The summed E-state index contributed by atoms with van der Waals surface area (Å²) in [5, 5.41) is 11.0. The second-order valence-corrected chi connectivity index (χ2v) is 12.4. The topological polar surface area (TPSA) is 90.7 Å². The van der Waals surface area contributed by atoms with Crippen LogP contribution < -0.4 is 4.74 Å². The fourth-order valence-corrected chi connectivity index (χ4v) is 5.77. The molecule has 8 heteroatoms. The molecular formula is C33H39FN2O5. The van der Waals surface area contributed by atoms with E-state index in [4.69, 9.17) is 14.5 Å². The van der Waals surface area contributed by atoms with Gasteiger partial charge in [0.05, 0.1) is 12.2 Å². The van der Waals surface area contributed by atoms with Gasteiger partial charge < -0.3 is 19.1 Å². The maximum Gasteiger partial charge on any atom is 0.337 e. The summed E-state index contributed by atoms with van der Waals surface area (Å²) in [6, 6.07) is 3.34. The molecule has 1 aliphatic carbocycles. The Morgan fingerprint density at radius 1 is 1.27 bits per heavy atom. The number of carboxylic acids is 1. The van der Waals surface area contributed by atoms with Crippen LogP contribution in [-0.2, 0) is 27.8 Å². The van der Waals surface area contributed by atoms with Crippen molar-refractivity contribution in [2.45, 2.75) is 84.8 Å². The quantitative estimate of drug-likeness (QED) is 0.282. The Bertz CT molecular complexity index is 1560. The van der Waals surface area contributed by atoms with Gasteiger partial charge in [-0.25, -0.2) is 14.2 Å². The zero-order valence-corrected chi connectivity index (χ0v) is 24.8. The number of nitrogens with zero attached hydrogens (tertiary/aromatic N) is 2. The number of allylic oxidation sites excluding steroid dienone is 1. The lowest BCUT2D eigenvalue weighted by Crippen LogP contribution is -2.28. The number of ether oxygens (including phenoxy) is 2. The van der Waals surface area contributed by atoms with E-state index in [1.807, 2.05) is 24.6 Å². The van der Waals surface area contributed by atoms with Crippen molar-refractivity contribution in [2.75, 3.05) is 6.61 Å². The average Bonchev–Trinajstić information content (AvgIpc) is 3.69. The first-order valence-corrected chi connectivity index (χ1v) is 14.4. The number of aliphatic carboxylic acids is 1. The van der Waals surface area contributed by atoms with Crippen LogP contribution in [0.25, 0.3) is 28.2 Å². The van der Waals surface area contributed by atoms with Crippen molar-refractivity contribution in [2.24, 2.45) is 13.0 Å². The number of carboxylic acid groups (broad SMARTS) is 1. The lowest BCUT2D eigenvalue weighted by molar-refractivity contribution is -0.160. The lowest BCUT2D eigenvalue weighted by Gasteiger charge is -2.29. The van der Waals surface area contributed by atoms with E-state index in [2.05, 4.69) is 0 Å². The number of ketones is 1. The minimum absolute atomic E-state index is 0.0735.